The minimum absolute atomic E-state index is 0.856. The normalized spacial score (nSPS) is 27.9. The quantitative estimate of drug-likeness (QED) is 0.853. The van der Waals surface area contributed by atoms with Crippen molar-refractivity contribution in [3.8, 4) is 0 Å². The topological polar surface area (TPSA) is 31.9 Å². The van der Waals surface area contributed by atoms with Crippen LogP contribution in [0.4, 0.5) is 0 Å². The fourth-order valence-corrected chi connectivity index (χ4v) is 4.26. The molecule has 1 N–H and O–H groups in total. The molecular formula is C14H23N3S. The minimum atomic E-state index is 0.856. The van der Waals surface area contributed by atoms with Crippen LogP contribution in [0.1, 0.15) is 31.0 Å². The molecule has 1 aliphatic heterocycles. The third-order valence-corrected chi connectivity index (χ3v) is 5.61. The molecule has 2 unspecified atom stereocenters. The van der Waals surface area contributed by atoms with E-state index in [9.17, 15) is 0 Å². The zero-order valence-electron chi connectivity index (χ0n) is 11.4. The number of hydrogen-bond donors (Lipinski definition) is 1. The van der Waals surface area contributed by atoms with Crippen molar-refractivity contribution in [1.29, 1.82) is 0 Å². The van der Waals surface area contributed by atoms with Gasteiger partial charge in [-0.3, -0.25) is 5.10 Å². The van der Waals surface area contributed by atoms with Crippen LogP contribution in [0.3, 0.4) is 0 Å². The van der Waals surface area contributed by atoms with Gasteiger partial charge in [-0.2, -0.15) is 5.10 Å². The SMILES string of the molecule is CCCSc1n[nH]c2c1CC1CN(C)CCC1C2. The Morgan fingerprint density at radius 2 is 2.28 bits per heavy atom. The minimum Gasteiger partial charge on any atom is -0.306 e. The van der Waals surface area contributed by atoms with Gasteiger partial charge in [0.15, 0.2) is 0 Å². The molecular weight excluding hydrogens is 242 g/mol. The Balaban J connectivity index is 1.77. The van der Waals surface area contributed by atoms with Crippen molar-refractivity contribution in [2.75, 3.05) is 25.9 Å². The van der Waals surface area contributed by atoms with E-state index >= 15 is 0 Å². The van der Waals surface area contributed by atoms with Crippen molar-refractivity contribution in [3.05, 3.63) is 11.3 Å². The Kier molecular flexibility index (Phi) is 3.66. The van der Waals surface area contributed by atoms with Gasteiger partial charge in [-0.15, -0.1) is 11.8 Å². The van der Waals surface area contributed by atoms with Crippen molar-refractivity contribution < 1.29 is 0 Å². The van der Waals surface area contributed by atoms with Crippen LogP contribution in [0, 0.1) is 11.8 Å². The van der Waals surface area contributed by atoms with Gasteiger partial charge in [-0.25, -0.2) is 0 Å². The molecule has 0 bridgehead atoms. The van der Waals surface area contributed by atoms with Gasteiger partial charge in [0, 0.05) is 17.8 Å². The molecule has 4 heteroatoms. The molecule has 3 rings (SSSR count). The molecule has 1 aromatic heterocycles. The fourth-order valence-electron chi connectivity index (χ4n) is 3.37. The monoisotopic (exact) mass is 265 g/mol. The molecule has 0 radical (unpaired) electrons. The van der Waals surface area contributed by atoms with Gasteiger partial charge < -0.3 is 4.90 Å². The van der Waals surface area contributed by atoms with Crippen LogP contribution in [-0.2, 0) is 12.8 Å². The maximum atomic E-state index is 4.54. The van der Waals surface area contributed by atoms with E-state index in [0.29, 0.717) is 0 Å². The Labute approximate surface area is 114 Å². The van der Waals surface area contributed by atoms with E-state index in [2.05, 4.69) is 29.1 Å². The van der Waals surface area contributed by atoms with E-state index in [1.807, 2.05) is 11.8 Å². The molecule has 1 fully saturated rings. The van der Waals surface area contributed by atoms with Crippen LogP contribution in [0.25, 0.3) is 0 Å². The standard InChI is InChI=1S/C14H23N3S/c1-3-6-18-14-12-7-11-9-17(2)5-4-10(11)8-13(12)15-16-14/h10-11H,3-9H2,1-2H3,(H,15,16). The fraction of sp³-hybridized carbons (Fsp3) is 0.786. The number of fused-ring (bicyclic) bond motifs is 2. The highest BCUT2D eigenvalue weighted by Crippen LogP contribution is 2.38. The maximum absolute atomic E-state index is 4.54. The van der Waals surface area contributed by atoms with Gasteiger partial charge in [-0.1, -0.05) is 6.92 Å². The highest BCUT2D eigenvalue weighted by molar-refractivity contribution is 7.99. The summed E-state index contributed by atoms with van der Waals surface area (Å²) in [4.78, 5) is 2.49. The second kappa shape index (κ2) is 5.25. The summed E-state index contributed by atoms with van der Waals surface area (Å²) in [6.45, 7) is 4.77. The van der Waals surface area contributed by atoms with Gasteiger partial charge in [0.1, 0.15) is 5.03 Å². The predicted octanol–water partition coefficient (Wildman–Crippen LogP) is 2.58. The highest BCUT2D eigenvalue weighted by atomic mass is 32.2. The molecule has 0 amide bonds. The van der Waals surface area contributed by atoms with E-state index in [-0.39, 0.29) is 0 Å². The number of piperidine rings is 1. The van der Waals surface area contributed by atoms with E-state index in [0.717, 1.165) is 11.8 Å². The third-order valence-electron chi connectivity index (χ3n) is 4.38. The van der Waals surface area contributed by atoms with E-state index in [4.69, 9.17) is 0 Å². The second-order valence-corrected chi connectivity index (χ2v) is 6.90. The molecule has 2 heterocycles. The lowest BCUT2D eigenvalue weighted by Gasteiger charge is -2.39. The molecule has 100 valence electrons. The van der Waals surface area contributed by atoms with Gasteiger partial charge in [-0.05, 0) is 56.9 Å². The molecule has 1 saturated heterocycles. The molecule has 18 heavy (non-hydrogen) atoms. The number of aromatic amines is 1. The first kappa shape index (κ1) is 12.5. The number of likely N-dealkylation sites (tertiary alicyclic amines) is 1. The summed E-state index contributed by atoms with van der Waals surface area (Å²) in [5.41, 5.74) is 2.96. The molecule has 1 aliphatic carbocycles. The lowest BCUT2D eigenvalue weighted by Crippen LogP contribution is -2.41. The molecule has 0 saturated carbocycles. The number of hydrogen-bond acceptors (Lipinski definition) is 3. The number of thioether (sulfide) groups is 1. The van der Waals surface area contributed by atoms with Crippen molar-refractivity contribution >= 4 is 11.8 Å². The van der Waals surface area contributed by atoms with Crippen LogP contribution >= 0.6 is 11.8 Å². The Morgan fingerprint density at radius 1 is 1.39 bits per heavy atom. The number of H-pyrrole nitrogens is 1. The number of nitrogens with zero attached hydrogens (tertiary/aromatic N) is 2. The Morgan fingerprint density at radius 3 is 3.11 bits per heavy atom. The molecule has 2 aliphatic rings. The van der Waals surface area contributed by atoms with Gasteiger partial charge >= 0.3 is 0 Å². The highest BCUT2D eigenvalue weighted by Gasteiger charge is 2.34. The Bertz CT molecular complexity index is 402. The van der Waals surface area contributed by atoms with Crippen LogP contribution in [0.5, 0.6) is 0 Å². The van der Waals surface area contributed by atoms with Crippen molar-refractivity contribution in [2.24, 2.45) is 11.8 Å². The van der Waals surface area contributed by atoms with E-state index in [1.165, 1.54) is 60.8 Å². The summed E-state index contributed by atoms with van der Waals surface area (Å²) < 4.78 is 0. The molecule has 2 atom stereocenters. The summed E-state index contributed by atoms with van der Waals surface area (Å²) in [7, 11) is 2.26. The molecule has 0 aromatic carbocycles. The summed E-state index contributed by atoms with van der Waals surface area (Å²) in [6, 6.07) is 0. The lowest BCUT2D eigenvalue weighted by molar-refractivity contribution is 0.133. The third kappa shape index (κ3) is 2.32. The zero-order valence-corrected chi connectivity index (χ0v) is 12.2. The van der Waals surface area contributed by atoms with E-state index < -0.39 is 0 Å². The largest absolute Gasteiger partial charge is 0.306 e. The van der Waals surface area contributed by atoms with Crippen molar-refractivity contribution in [2.45, 2.75) is 37.6 Å². The first-order chi connectivity index (χ1) is 8.78. The Hall–Kier alpha value is -0.480. The van der Waals surface area contributed by atoms with Gasteiger partial charge in [0.2, 0.25) is 0 Å². The first-order valence-corrected chi connectivity index (χ1v) is 8.14. The van der Waals surface area contributed by atoms with Crippen LogP contribution < -0.4 is 0 Å². The van der Waals surface area contributed by atoms with Crippen molar-refractivity contribution in [3.63, 3.8) is 0 Å². The van der Waals surface area contributed by atoms with Crippen LogP contribution in [-0.4, -0.2) is 41.0 Å². The van der Waals surface area contributed by atoms with Crippen LogP contribution in [0.2, 0.25) is 0 Å². The predicted molar refractivity (Wildman–Crippen MR) is 76.1 cm³/mol. The van der Waals surface area contributed by atoms with Crippen LogP contribution in [0.15, 0.2) is 5.03 Å². The molecule has 3 nitrogen and oxygen atoms in total. The average Bonchev–Trinajstić information content (AvgIpc) is 2.76. The maximum Gasteiger partial charge on any atom is 0.121 e. The van der Waals surface area contributed by atoms with Gasteiger partial charge in [0.25, 0.3) is 0 Å². The molecule has 0 spiro atoms. The summed E-state index contributed by atoms with van der Waals surface area (Å²) in [6.07, 6.45) is 5.05. The smallest absolute Gasteiger partial charge is 0.121 e. The number of nitrogens with one attached hydrogen (secondary N) is 1. The first-order valence-electron chi connectivity index (χ1n) is 7.15. The van der Waals surface area contributed by atoms with Gasteiger partial charge in [0.05, 0.1) is 0 Å². The molecule has 1 aromatic rings. The average molecular weight is 265 g/mol. The number of aromatic nitrogens is 2. The zero-order chi connectivity index (χ0) is 12.5. The summed E-state index contributed by atoms with van der Waals surface area (Å²) in [5.74, 6) is 2.93. The van der Waals surface area contributed by atoms with E-state index in [1.54, 1.807) is 0 Å². The summed E-state index contributed by atoms with van der Waals surface area (Å²) >= 11 is 1.93. The lowest BCUT2D eigenvalue weighted by atomic mass is 9.74. The number of rotatable bonds is 3. The summed E-state index contributed by atoms with van der Waals surface area (Å²) in [5, 5.41) is 9.11. The van der Waals surface area contributed by atoms with Crippen molar-refractivity contribution in [1.82, 2.24) is 15.1 Å². The second-order valence-electron chi connectivity index (χ2n) is 5.81.